The molecule has 0 bridgehead atoms. The van der Waals surface area contributed by atoms with Crippen molar-refractivity contribution >= 4 is 0 Å². The molecule has 2 N–H and O–H groups in total. The Bertz CT molecular complexity index is 591. The number of hydrogen-bond donors (Lipinski definition) is 2. The van der Waals surface area contributed by atoms with E-state index in [4.69, 9.17) is 0 Å². The fraction of sp³-hybridized carbons (Fsp3) is 0.619. The van der Waals surface area contributed by atoms with Crippen LogP contribution < -0.4 is 5.32 Å². The van der Waals surface area contributed by atoms with Gasteiger partial charge in [-0.25, -0.2) is 0 Å². The molecule has 1 heterocycles. The number of H-pyrrole nitrogens is 1. The average Bonchev–Trinajstić information content (AvgIpc) is 3.08. The summed E-state index contributed by atoms with van der Waals surface area (Å²) in [6.07, 6.45) is 11.9. The molecule has 0 aliphatic heterocycles. The van der Waals surface area contributed by atoms with Gasteiger partial charge in [-0.05, 0) is 25.5 Å². The third-order valence-corrected chi connectivity index (χ3v) is 4.77. The van der Waals surface area contributed by atoms with Gasteiger partial charge in [-0.2, -0.15) is 15.4 Å². The number of unbranched alkanes of at least 4 members (excludes halogenated alkanes) is 7. The van der Waals surface area contributed by atoms with Gasteiger partial charge in [-0.3, -0.25) is 0 Å². The largest absolute Gasteiger partial charge is 0.316 e. The van der Waals surface area contributed by atoms with Gasteiger partial charge < -0.3 is 5.32 Å². The second-order valence-electron chi connectivity index (χ2n) is 6.91. The molecule has 0 unspecified atom stereocenters. The first kappa shape index (κ1) is 19.6. The van der Waals surface area contributed by atoms with E-state index in [0.29, 0.717) is 0 Å². The average molecular weight is 343 g/mol. The van der Waals surface area contributed by atoms with Crippen molar-refractivity contribution in [3.8, 4) is 11.3 Å². The lowest BCUT2D eigenvalue weighted by molar-refractivity contribution is 0.555. The van der Waals surface area contributed by atoms with Crippen molar-refractivity contribution in [2.24, 2.45) is 0 Å². The van der Waals surface area contributed by atoms with Gasteiger partial charge in [0.2, 0.25) is 0 Å². The lowest BCUT2D eigenvalue weighted by Crippen LogP contribution is -2.18. The van der Waals surface area contributed by atoms with Gasteiger partial charge in [-0.1, -0.05) is 76.1 Å². The van der Waals surface area contributed by atoms with Gasteiger partial charge in [0.15, 0.2) is 0 Å². The van der Waals surface area contributed by atoms with E-state index in [-0.39, 0.29) is 0 Å². The lowest BCUT2D eigenvalue weighted by Gasteiger charge is -2.06. The number of nitrogens with one attached hydrogen (secondary N) is 2. The maximum atomic E-state index is 4.35. The van der Waals surface area contributed by atoms with Crippen LogP contribution in [-0.4, -0.2) is 28.5 Å². The summed E-state index contributed by atoms with van der Waals surface area (Å²) >= 11 is 0. The van der Waals surface area contributed by atoms with Gasteiger partial charge in [0.1, 0.15) is 5.69 Å². The summed E-state index contributed by atoms with van der Waals surface area (Å²) in [4.78, 5) is 0. The molecule has 0 saturated carbocycles. The molecule has 0 fully saturated rings. The van der Waals surface area contributed by atoms with E-state index in [2.05, 4.69) is 58.8 Å². The fourth-order valence-corrected chi connectivity index (χ4v) is 3.20. The normalized spacial score (nSPS) is 11.1. The molecule has 0 saturated heterocycles. The third kappa shape index (κ3) is 6.99. The van der Waals surface area contributed by atoms with Crippen molar-refractivity contribution in [2.75, 3.05) is 13.1 Å². The molecule has 0 spiro atoms. The SMILES string of the molecule is CCCCCCCCCCNCCc1n[nH]nc1-c1ccccc1C. The molecule has 1 aromatic carbocycles. The first-order chi connectivity index (χ1) is 12.3. The Morgan fingerprint density at radius 1 is 0.880 bits per heavy atom. The number of aromatic amines is 1. The highest BCUT2D eigenvalue weighted by Gasteiger charge is 2.11. The van der Waals surface area contributed by atoms with Gasteiger partial charge >= 0.3 is 0 Å². The maximum absolute atomic E-state index is 4.35. The predicted octanol–water partition coefficient (Wildman–Crippen LogP) is 5.05. The minimum atomic E-state index is 0.914. The summed E-state index contributed by atoms with van der Waals surface area (Å²) in [7, 11) is 0. The number of nitrogens with zero attached hydrogens (tertiary/aromatic N) is 2. The van der Waals surface area contributed by atoms with Crippen LogP contribution in [0, 0.1) is 6.92 Å². The third-order valence-electron chi connectivity index (χ3n) is 4.77. The van der Waals surface area contributed by atoms with Crippen molar-refractivity contribution in [3.05, 3.63) is 35.5 Å². The fourth-order valence-electron chi connectivity index (χ4n) is 3.20. The highest BCUT2D eigenvalue weighted by molar-refractivity contribution is 5.65. The monoisotopic (exact) mass is 342 g/mol. The molecular formula is C21H34N4. The second kappa shape index (κ2) is 11.8. The van der Waals surface area contributed by atoms with Crippen LogP contribution in [0.3, 0.4) is 0 Å². The topological polar surface area (TPSA) is 53.6 Å². The second-order valence-corrected chi connectivity index (χ2v) is 6.91. The number of hydrogen-bond acceptors (Lipinski definition) is 3. The van der Waals surface area contributed by atoms with Crippen LogP contribution in [0.25, 0.3) is 11.3 Å². The molecule has 0 aliphatic carbocycles. The summed E-state index contributed by atoms with van der Waals surface area (Å²) in [5.41, 5.74) is 4.46. The molecule has 0 radical (unpaired) electrons. The molecule has 0 aliphatic rings. The van der Waals surface area contributed by atoms with Crippen molar-refractivity contribution < 1.29 is 0 Å². The first-order valence-electron chi connectivity index (χ1n) is 9.99. The Balaban J connectivity index is 1.59. The van der Waals surface area contributed by atoms with E-state index in [1.54, 1.807) is 0 Å². The highest BCUT2D eigenvalue weighted by atomic mass is 15.3. The summed E-state index contributed by atoms with van der Waals surface area (Å²) < 4.78 is 0. The number of aromatic nitrogens is 3. The molecule has 4 heteroatoms. The first-order valence-corrected chi connectivity index (χ1v) is 9.99. The zero-order valence-electron chi connectivity index (χ0n) is 16.0. The molecular weight excluding hydrogens is 308 g/mol. The smallest absolute Gasteiger partial charge is 0.116 e. The minimum absolute atomic E-state index is 0.914. The van der Waals surface area contributed by atoms with Crippen molar-refractivity contribution in [1.82, 2.24) is 20.7 Å². The quantitative estimate of drug-likeness (QED) is 0.501. The van der Waals surface area contributed by atoms with E-state index in [1.165, 1.54) is 62.5 Å². The Labute approximate surface area is 152 Å². The van der Waals surface area contributed by atoms with Crippen LogP contribution >= 0.6 is 0 Å². The van der Waals surface area contributed by atoms with E-state index < -0.39 is 0 Å². The van der Waals surface area contributed by atoms with Gasteiger partial charge in [-0.15, -0.1) is 0 Å². The molecule has 138 valence electrons. The molecule has 25 heavy (non-hydrogen) atoms. The van der Waals surface area contributed by atoms with E-state index >= 15 is 0 Å². The van der Waals surface area contributed by atoms with Crippen LogP contribution in [0.4, 0.5) is 0 Å². The highest BCUT2D eigenvalue weighted by Crippen LogP contribution is 2.23. The van der Waals surface area contributed by atoms with Crippen LogP contribution in [0.2, 0.25) is 0 Å². The number of rotatable bonds is 13. The lowest BCUT2D eigenvalue weighted by atomic mass is 10.0. The summed E-state index contributed by atoms with van der Waals surface area (Å²) in [6.45, 7) is 6.46. The summed E-state index contributed by atoms with van der Waals surface area (Å²) in [5, 5.41) is 15.0. The van der Waals surface area contributed by atoms with Crippen molar-refractivity contribution in [3.63, 3.8) is 0 Å². The van der Waals surface area contributed by atoms with Gasteiger partial charge in [0.05, 0.1) is 5.69 Å². The maximum Gasteiger partial charge on any atom is 0.116 e. The zero-order valence-corrected chi connectivity index (χ0v) is 16.0. The van der Waals surface area contributed by atoms with Crippen molar-refractivity contribution in [1.29, 1.82) is 0 Å². The Morgan fingerprint density at radius 2 is 1.60 bits per heavy atom. The Kier molecular flexibility index (Phi) is 9.27. The Morgan fingerprint density at radius 3 is 2.36 bits per heavy atom. The summed E-state index contributed by atoms with van der Waals surface area (Å²) in [5.74, 6) is 0. The molecule has 0 amide bonds. The van der Waals surface area contributed by atoms with E-state index in [0.717, 1.165) is 30.9 Å². The van der Waals surface area contributed by atoms with E-state index in [9.17, 15) is 0 Å². The molecule has 4 nitrogen and oxygen atoms in total. The minimum Gasteiger partial charge on any atom is -0.316 e. The van der Waals surface area contributed by atoms with Crippen LogP contribution in [0.1, 0.15) is 69.5 Å². The number of aryl methyl sites for hydroxylation is 1. The standard InChI is InChI=1S/C21H34N4/c1-3-4-5-6-7-8-9-12-16-22-17-15-20-21(24-25-23-20)19-14-11-10-13-18(19)2/h10-11,13-14,22H,3-9,12,15-17H2,1-2H3,(H,23,24,25). The van der Waals surface area contributed by atoms with E-state index in [1.807, 2.05) is 0 Å². The zero-order chi connectivity index (χ0) is 17.7. The molecule has 2 aromatic rings. The van der Waals surface area contributed by atoms with Crippen LogP contribution in [0.15, 0.2) is 24.3 Å². The van der Waals surface area contributed by atoms with Gasteiger partial charge in [0, 0.05) is 18.5 Å². The van der Waals surface area contributed by atoms with Crippen LogP contribution in [0.5, 0.6) is 0 Å². The molecule has 1 aromatic heterocycles. The van der Waals surface area contributed by atoms with Gasteiger partial charge in [0.25, 0.3) is 0 Å². The molecule has 2 rings (SSSR count). The predicted molar refractivity (Wildman–Crippen MR) is 106 cm³/mol. The summed E-state index contributed by atoms with van der Waals surface area (Å²) in [6, 6.07) is 8.35. The number of benzene rings is 1. The van der Waals surface area contributed by atoms with Crippen LogP contribution in [-0.2, 0) is 6.42 Å². The van der Waals surface area contributed by atoms with Crippen molar-refractivity contribution in [2.45, 2.75) is 71.6 Å². The Hall–Kier alpha value is -1.68. The molecule has 0 atom stereocenters.